The third-order valence-corrected chi connectivity index (χ3v) is 4.32. The van der Waals surface area contributed by atoms with E-state index in [0.717, 1.165) is 12.1 Å². The molecule has 0 aliphatic carbocycles. The molecule has 2 aromatic rings. The number of hydrogen-bond acceptors (Lipinski definition) is 6. The number of ether oxygens (including phenoxy) is 1. The number of rotatable bonds is 7. The number of aromatic nitrogens is 4. The molecule has 0 aliphatic heterocycles. The van der Waals surface area contributed by atoms with Crippen LogP contribution in [-0.2, 0) is 9.53 Å². The maximum Gasteiger partial charge on any atom is 0.319 e. The third kappa shape index (κ3) is 4.54. The normalized spacial score (nSPS) is 12.4. The van der Waals surface area contributed by atoms with Crippen molar-refractivity contribution in [2.45, 2.75) is 50.4 Å². The van der Waals surface area contributed by atoms with E-state index in [9.17, 15) is 4.79 Å². The molecule has 0 saturated carbocycles. The number of carbonyl (C=O) groups excluding carboxylic acids is 1. The van der Waals surface area contributed by atoms with Crippen LogP contribution in [-0.4, -0.2) is 38.0 Å². The van der Waals surface area contributed by atoms with Gasteiger partial charge in [0.1, 0.15) is 5.25 Å². The second kappa shape index (κ2) is 8.10. The lowest BCUT2D eigenvalue weighted by atomic mass is 10.0. The van der Waals surface area contributed by atoms with Crippen molar-refractivity contribution in [2.24, 2.45) is 0 Å². The average Bonchev–Trinajstić information content (AvgIpc) is 3.00. The summed E-state index contributed by atoms with van der Waals surface area (Å²) in [7, 11) is 0. The summed E-state index contributed by atoms with van der Waals surface area (Å²) in [6.07, 6.45) is 0.809. The minimum atomic E-state index is -0.360. The molecule has 0 bridgehead atoms. The SMILES string of the molecule is CCCOC(=O)C(C)Sc1nnnn1-c1ccc(C(C)C)cc1. The fourth-order valence-electron chi connectivity index (χ4n) is 1.94. The summed E-state index contributed by atoms with van der Waals surface area (Å²) >= 11 is 1.29. The van der Waals surface area contributed by atoms with E-state index in [4.69, 9.17) is 4.74 Å². The Hall–Kier alpha value is -1.89. The first kappa shape index (κ1) is 17.5. The Morgan fingerprint density at radius 2 is 1.96 bits per heavy atom. The van der Waals surface area contributed by atoms with Crippen molar-refractivity contribution < 1.29 is 9.53 Å². The molecule has 1 unspecified atom stereocenters. The summed E-state index contributed by atoms with van der Waals surface area (Å²) in [5.41, 5.74) is 2.13. The van der Waals surface area contributed by atoms with E-state index in [1.165, 1.54) is 17.3 Å². The van der Waals surface area contributed by atoms with Crippen molar-refractivity contribution in [2.75, 3.05) is 6.61 Å². The summed E-state index contributed by atoms with van der Waals surface area (Å²) in [5, 5.41) is 12.0. The lowest BCUT2D eigenvalue weighted by Gasteiger charge is -2.11. The minimum Gasteiger partial charge on any atom is -0.465 e. The Labute approximate surface area is 140 Å². The van der Waals surface area contributed by atoms with Crippen molar-refractivity contribution >= 4 is 17.7 Å². The Morgan fingerprint density at radius 1 is 1.26 bits per heavy atom. The van der Waals surface area contributed by atoms with Crippen LogP contribution in [0.5, 0.6) is 0 Å². The highest BCUT2D eigenvalue weighted by Gasteiger charge is 2.20. The van der Waals surface area contributed by atoms with E-state index < -0.39 is 0 Å². The van der Waals surface area contributed by atoms with Crippen LogP contribution in [0.15, 0.2) is 29.4 Å². The Bertz CT molecular complexity index is 640. The van der Waals surface area contributed by atoms with E-state index in [-0.39, 0.29) is 11.2 Å². The molecule has 0 N–H and O–H groups in total. The Kier molecular flexibility index (Phi) is 6.15. The fourth-order valence-corrected chi connectivity index (χ4v) is 2.75. The van der Waals surface area contributed by atoms with Gasteiger partial charge in [-0.3, -0.25) is 4.79 Å². The number of nitrogens with zero attached hydrogens (tertiary/aromatic N) is 4. The second-order valence-corrected chi connectivity index (χ2v) is 6.86. The zero-order valence-electron chi connectivity index (χ0n) is 13.9. The van der Waals surface area contributed by atoms with Gasteiger partial charge in [0.15, 0.2) is 0 Å². The summed E-state index contributed by atoms with van der Waals surface area (Å²) in [6, 6.07) is 8.09. The molecule has 7 heteroatoms. The van der Waals surface area contributed by atoms with Crippen LogP contribution in [0.1, 0.15) is 45.6 Å². The number of tetrazole rings is 1. The maximum atomic E-state index is 11.9. The molecule has 1 aromatic heterocycles. The van der Waals surface area contributed by atoms with Gasteiger partial charge in [-0.1, -0.05) is 44.7 Å². The summed E-state index contributed by atoms with van der Waals surface area (Å²) in [4.78, 5) is 11.9. The first-order chi connectivity index (χ1) is 11.0. The number of hydrogen-bond donors (Lipinski definition) is 0. The van der Waals surface area contributed by atoms with Crippen LogP contribution in [0.25, 0.3) is 5.69 Å². The summed E-state index contributed by atoms with van der Waals surface area (Å²) < 4.78 is 6.79. The van der Waals surface area contributed by atoms with E-state index >= 15 is 0 Å². The number of esters is 1. The smallest absolute Gasteiger partial charge is 0.319 e. The molecule has 6 nitrogen and oxygen atoms in total. The number of benzene rings is 1. The Balaban J connectivity index is 2.11. The molecule has 0 radical (unpaired) electrons. The first-order valence-electron chi connectivity index (χ1n) is 7.75. The number of carbonyl (C=O) groups is 1. The molecule has 0 spiro atoms. The van der Waals surface area contributed by atoms with Gasteiger partial charge in [0.25, 0.3) is 0 Å². The largest absolute Gasteiger partial charge is 0.465 e. The van der Waals surface area contributed by atoms with E-state index in [1.54, 1.807) is 11.6 Å². The minimum absolute atomic E-state index is 0.249. The maximum absolute atomic E-state index is 11.9. The Morgan fingerprint density at radius 3 is 2.57 bits per heavy atom. The van der Waals surface area contributed by atoms with E-state index in [1.807, 2.05) is 19.1 Å². The predicted molar refractivity (Wildman–Crippen MR) is 89.8 cm³/mol. The van der Waals surface area contributed by atoms with Crippen LogP contribution >= 0.6 is 11.8 Å². The lowest BCUT2D eigenvalue weighted by molar-refractivity contribution is -0.142. The van der Waals surface area contributed by atoms with Gasteiger partial charge >= 0.3 is 5.97 Å². The van der Waals surface area contributed by atoms with Crippen molar-refractivity contribution in [1.29, 1.82) is 0 Å². The van der Waals surface area contributed by atoms with Gasteiger partial charge in [0.2, 0.25) is 5.16 Å². The summed E-state index contributed by atoms with van der Waals surface area (Å²) in [5.74, 6) is 0.224. The van der Waals surface area contributed by atoms with Crippen LogP contribution < -0.4 is 0 Å². The van der Waals surface area contributed by atoms with Gasteiger partial charge in [0.05, 0.1) is 12.3 Å². The molecular weight excluding hydrogens is 312 g/mol. The first-order valence-corrected chi connectivity index (χ1v) is 8.63. The topological polar surface area (TPSA) is 69.9 Å². The molecule has 1 atom stereocenters. The lowest BCUT2D eigenvalue weighted by Crippen LogP contribution is -2.18. The molecule has 0 fully saturated rings. The average molecular weight is 334 g/mol. The van der Waals surface area contributed by atoms with Gasteiger partial charge in [-0.2, -0.15) is 4.68 Å². The van der Waals surface area contributed by atoms with Gasteiger partial charge in [-0.15, -0.1) is 5.10 Å². The van der Waals surface area contributed by atoms with Gasteiger partial charge in [-0.05, 0) is 47.4 Å². The van der Waals surface area contributed by atoms with Crippen LogP contribution in [0.4, 0.5) is 0 Å². The van der Waals surface area contributed by atoms with Crippen molar-refractivity contribution in [3.8, 4) is 5.69 Å². The van der Waals surface area contributed by atoms with E-state index in [2.05, 4.69) is 41.5 Å². The molecule has 1 aromatic carbocycles. The fraction of sp³-hybridized carbons (Fsp3) is 0.500. The zero-order valence-corrected chi connectivity index (χ0v) is 14.7. The molecule has 0 aliphatic rings. The second-order valence-electron chi connectivity index (χ2n) is 5.55. The molecule has 2 rings (SSSR count). The van der Waals surface area contributed by atoms with Crippen molar-refractivity contribution in [3.63, 3.8) is 0 Å². The standard InChI is InChI=1S/C16H22N4O2S/c1-5-10-22-15(21)12(4)23-16-17-18-19-20(16)14-8-6-13(7-9-14)11(2)3/h6-9,11-12H,5,10H2,1-4H3. The van der Waals surface area contributed by atoms with Gasteiger partial charge in [0, 0.05) is 0 Å². The van der Waals surface area contributed by atoms with Crippen LogP contribution in [0.2, 0.25) is 0 Å². The highest BCUT2D eigenvalue weighted by Crippen LogP contribution is 2.24. The van der Waals surface area contributed by atoms with E-state index in [0.29, 0.717) is 17.7 Å². The molecule has 1 heterocycles. The summed E-state index contributed by atoms with van der Waals surface area (Å²) in [6.45, 7) is 8.50. The third-order valence-electron chi connectivity index (χ3n) is 3.31. The van der Waals surface area contributed by atoms with Crippen LogP contribution in [0.3, 0.4) is 0 Å². The quantitative estimate of drug-likeness (QED) is 0.572. The zero-order chi connectivity index (χ0) is 16.8. The highest BCUT2D eigenvalue weighted by atomic mass is 32.2. The van der Waals surface area contributed by atoms with Crippen molar-refractivity contribution in [3.05, 3.63) is 29.8 Å². The van der Waals surface area contributed by atoms with Gasteiger partial charge < -0.3 is 4.74 Å². The molecule has 0 amide bonds. The molecule has 0 saturated heterocycles. The van der Waals surface area contributed by atoms with Crippen LogP contribution in [0, 0.1) is 0 Å². The van der Waals surface area contributed by atoms with Crippen molar-refractivity contribution in [1.82, 2.24) is 20.2 Å². The predicted octanol–water partition coefficient (Wildman–Crippen LogP) is 3.22. The van der Waals surface area contributed by atoms with Gasteiger partial charge in [-0.25, -0.2) is 0 Å². The molecule has 124 valence electrons. The highest BCUT2D eigenvalue weighted by molar-refractivity contribution is 8.00. The number of thioether (sulfide) groups is 1. The molecular formula is C16H22N4O2S. The molecule has 23 heavy (non-hydrogen) atoms. The monoisotopic (exact) mass is 334 g/mol.